The molecule has 0 saturated heterocycles. The number of hydrogen-bond acceptors (Lipinski definition) is 4. The van der Waals surface area contributed by atoms with E-state index in [2.05, 4.69) is 5.16 Å². The normalized spacial score (nSPS) is 10.4. The van der Waals surface area contributed by atoms with Gasteiger partial charge in [-0.1, -0.05) is 35.5 Å². The van der Waals surface area contributed by atoms with Gasteiger partial charge >= 0.3 is 0 Å². The molecule has 22 heavy (non-hydrogen) atoms. The third-order valence-electron chi connectivity index (χ3n) is 3.38. The fourth-order valence-electron chi connectivity index (χ4n) is 2.18. The number of methoxy groups -OCH3 is 1. The van der Waals surface area contributed by atoms with E-state index in [0.29, 0.717) is 17.0 Å². The lowest BCUT2D eigenvalue weighted by molar-refractivity contribution is 0.0984. The van der Waals surface area contributed by atoms with E-state index >= 15 is 0 Å². The highest BCUT2D eigenvalue weighted by Gasteiger charge is 2.12. The molecule has 0 bridgehead atoms. The maximum Gasteiger partial charge on any atom is 0.170 e. The third-order valence-corrected chi connectivity index (χ3v) is 3.38. The maximum atomic E-state index is 12.1. The minimum atomic E-state index is 0.0121. The Morgan fingerprint density at radius 2 is 1.82 bits per heavy atom. The molecule has 3 rings (SSSR count). The Balaban J connectivity index is 1.74. The molecule has 0 aliphatic heterocycles. The highest BCUT2D eigenvalue weighted by atomic mass is 16.5. The fraction of sp³-hybridized carbons (Fsp3) is 0.111. The van der Waals surface area contributed by atoms with Gasteiger partial charge < -0.3 is 9.26 Å². The summed E-state index contributed by atoms with van der Waals surface area (Å²) < 4.78 is 10.4. The molecule has 4 heteroatoms. The molecule has 0 aliphatic carbocycles. The topological polar surface area (TPSA) is 52.3 Å². The lowest BCUT2D eigenvalue weighted by atomic mass is 10.1. The van der Waals surface area contributed by atoms with Crippen LogP contribution in [0.5, 0.6) is 5.75 Å². The van der Waals surface area contributed by atoms with E-state index in [9.17, 15) is 4.79 Å². The molecule has 0 spiro atoms. The van der Waals surface area contributed by atoms with E-state index in [1.165, 1.54) is 0 Å². The van der Waals surface area contributed by atoms with Crippen molar-refractivity contribution in [2.45, 2.75) is 6.42 Å². The van der Waals surface area contributed by atoms with Gasteiger partial charge in [0.2, 0.25) is 0 Å². The summed E-state index contributed by atoms with van der Waals surface area (Å²) in [4.78, 5) is 12.1. The predicted octanol–water partition coefficient (Wildman–Crippen LogP) is 3.78. The van der Waals surface area contributed by atoms with Gasteiger partial charge in [-0.3, -0.25) is 4.79 Å². The van der Waals surface area contributed by atoms with E-state index < -0.39 is 0 Å². The van der Waals surface area contributed by atoms with Gasteiger partial charge in [0.05, 0.1) is 13.5 Å². The molecule has 0 aliphatic rings. The zero-order valence-electron chi connectivity index (χ0n) is 12.2. The summed E-state index contributed by atoms with van der Waals surface area (Å²) in [5.41, 5.74) is 2.30. The highest BCUT2D eigenvalue weighted by Crippen LogP contribution is 2.22. The monoisotopic (exact) mass is 293 g/mol. The minimum absolute atomic E-state index is 0.0121. The van der Waals surface area contributed by atoms with Gasteiger partial charge in [-0.2, -0.15) is 0 Å². The van der Waals surface area contributed by atoms with Crippen LogP contribution in [0.3, 0.4) is 0 Å². The van der Waals surface area contributed by atoms with Crippen LogP contribution in [-0.4, -0.2) is 18.0 Å². The molecule has 0 atom stereocenters. The number of Topliss-reactive ketones (excluding diaryl/α,β-unsaturated/α-hetero) is 1. The average Bonchev–Trinajstić information content (AvgIpc) is 3.04. The maximum absolute atomic E-state index is 12.1. The first-order valence-electron chi connectivity index (χ1n) is 6.94. The number of hydrogen-bond donors (Lipinski definition) is 0. The van der Waals surface area contributed by atoms with Crippen LogP contribution in [0.25, 0.3) is 11.3 Å². The van der Waals surface area contributed by atoms with Crippen LogP contribution in [0.4, 0.5) is 0 Å². The number of carbonyl (C=O) groups is 1. The summed E-state index contributed by atoms with van der Waals surface area (Å²) in [5, 5.41) is 4.02. The highest BCUT2D eigenvalue weighted by molar-refractivity contribution is 5.97. The molecule has 0 radical (unpaired) electrons. The van der Waals surface area contributed by atoms with Crippen molar-refractivity contribution in [3.05, 3.63) is 72.0 Å². The quantitative estimate of drug-likeness (QED) is 0.672. The largest absolute Gasteiger partial charge is 0.497 e. The number of ketones is 1. The number of nitrogens with zero attached hydrogens (tertiary/aromatic N) is 1. The summed E-state index contributed by atoms with van der Waals surface area (Å²) >= 11 is 0. The van der Waals surface area contributed by atoms with E-state index in [4.69, 9.17) is 9.26 Å². The molecule has 1 aromatic heterocycles. The second kappa shape index (κ2) is 6.26. The van der Waals surface area contributed by atoms with E-state index in [-0.39, 0.29) is 12.2 Å². The number of carbonyl (C=O) groups excluding carboxylic acids is 1. The van der Waals surface area contributed by atoms with Crippen molar-refractivity contribution in [1.29, 1.82) is 0 Å². The van der Waals surface area contributed by atoms with Crippen LogP contribution in [0.1, 0.15) is 16.1 Å². The summed E-state index contributed by atoms with van der Waals surface area (Å²) in [6.45, 7) is 0. The Morgan fingerprint density at radius 3 is 2.50 bits per heavy atom. The lowest BCUT2D eigenvalue weighted by Gasteiger charge is -1.99. The molecule has 0 saturated carbocycles. The lowest BCUT2D eigenvalue weighted by Crippen LogP contribution is -2.02. The summed E-state index contributed by atoms with van der Waals surface area (Å²) in [5.74, 6) is 1.35. The summed E-state index contributed by atoms with van der Waals surface area (Å²) in [6.07, 6.45) is 0.202. The van der Waals surface area contributed by atoms with Crippen molar-refractivity contribution < 1.29 is 14.1 Å². The Kier molecular flexibility index (Phi) is 4.01. The average molecular weight is 293 g/mol. The number of aromatic nitrogens is 1. The molecular formula is C18H15NO3. The van der Waals surface area contributed by atoms with Gasteiger partial charge in [-0.05, 0) is 24.3 Å². The molecule has 0 N–H and O–H groups in total. The third kappa shape index (κ3) is 3.06. The van der Waals surface area contributed by atoms with E-state index in [1.807, 2.05) is 42.5 Å². The van der Waals surface area contributed by atoms with Crippen molar-refractivity contribution in [2.75, 3.05) is 7.11 Å². The van der Waals surface area contributed by atoms with E-state index in [0.717, 1.165) is 11.3 Å². The van der Waals surface area contributed by atoms with E-state index in [1.54, 1.807) is 25.3 Å². The second-order valence-electron chi connectivity index (χ2n) is 4.87. The van der Waals surface area contributed by atoms with Gasteiger partial charge in [0.15, 0.2) is 5.78 Å². The van der Waals surface area contributed by atoms with Crippen LogP contribution in [0.15, 0.2) is 65.2 Å². The molecule has 1 heterocycles. The molecule has 0 fully saturated rings. The second-order valence-corrected chi connectivity index (χ2v) is 4.87. The molecule has 110 valence electrons. The Hall–Kier alpha value is -2.88. The molecule has 4 nitrogen and oxygen atoms in total. The van der Waals surface area contributed by atoms with Crippen LogP contribution >= 0.6 is 0 Å². The summed E-state index contributed by atoms with van der Waals surface area (Å²) in [6, 6.07) is 18.5. The Labute approximate surface area is 128 Å². The van der Waals surface area contributed by atoms with Crippen molar-refractivity contribution in [3.8, 4) is 17.0 Å². The van der Waals surface area contributed by atoms with Crippen LogP contribution in [-0.2, 0) is 6.42 Å². The van der Waals surface area contributed by atoms with Gasteiger partial charge in [-0.15, -0.1) is 0 Å². The Bertz CT molecular complexity index is 761. The number of benzene rings is 2. The first-order chi connectivity index (χ1) is 10.8. The van der Waals surface area contributed by atoms with Crippen LogP contribution in [0, 0.1) is 0 Å². The minimum Gasteiger partial charge on any atom is -0.497 e. The zero-order valence-corrected chi connectivity index (χ0v) is 12.2. The smallest absolute Gasteiger partial charge is 0.170 e. The number of ether oxygens (including phenoxy) is 1. The van der Waals surface area contributed by atoms with Crippen molar-refractivity contribution in [2.24, 2.45) is 0 Å². The molecule has 0 amide bonds. The SMILES string of the molecule is COc1ccc(-c2cc(CC(=O)c3ccccc3)on2)cc1. The van der Waals surface area contributed by atoms with Crippen molar-refractivity contribution in [3.63, 3.8) is 0 Å². The van der Waals surface area contributed by atoms with Gasteiger partial charge in [-0.25, -0.2) is 0 Å². The molecule has 2 aromatic carbocycles. The van der Waals surface area contributed by atoms with Crippen molar-refractivity contribution >= 4 is 5.78 Å². The zero-order chi connectivity index (χ0) is 15.4. The number of rotatable bonds is 5. The van der Waals surface area contributed by atoms with Crippen molar-refractivity contribution in [1.82, 2.24) is 5.16 Å². The van der Waals surface area contributed by atoms with Crippen LogP contribution in [0.2, 0.25) is 0 Å². The first-order valence-corrected chi connectivity index (χ1v) is 6.94. The molecule has 0 unspecified atom stereocenters. The predicted molar refractivity (Wildman–Crippen MR) is 83.0 cm³/mol. The fourth-order valence-corrected chi connectivity index (χ4v) is 2.18. The Morgan fingerprint density at radius 1 is 1.09 bits per heavy atom. The first kappa shape index (κ1) is 14.1. The van der Waals surface area contributed by atoms with Gasteiger partial charge in [0.1, 0.15) is 17.2 Å². The van der Waals surface area contributed by atoms with Crippen LogP contribution < -0.4 is 4.74 Å². The van der Waals surface area contributed by atoms with Gasteiger partial charge in [0.25, 0.3) is 0 Å². The van der Waals surface area contributed by atoms with Gasteiger partial charge in [0, 0.05) is 17.2 Å². The summed E-state index contributed by atoms with van der Waals surface area (Å²) in [7, 11) is 1.62. The molecular weight excluding hydrogens is 278 g/mol. The standard InChI is InChI=1S/C18H15NO3/c1-21-15-9-7-13(8-10-15)17-11-16(22-19-17)12-18(20)14-5-3-2-4-6-14/h2-11H,12H2,1H3. The molecule has 3 aromatic rings.